The van der Waals surface area contributed by atoms with Crippen LogP contribution in [0, 0.1) is 0 Å². The average molecular weight is 333 g/mol. The molecule has 1 aromatic carbocycles. The first-order chi connectivity index (χ1) is 11.7. The van der Waals surface area contributed by atoms with Crippen LogP contribution in [0.2, 0.25) is 0 Å². The first-order valence-corrected chi connectivity index (χ1v) is 8.66. The van der Waals surface area contributed by atoms with Gasteiger partial charge in [-0.05, 0) is 31.4 Å². The van der Waals surface area contributed by atoms with E-state index in [9.17, 15) is 9.59 Å². The van der Waals surface area contributed by atoms with Crippen LogP contribution in [0.3, 0.4) is 0 Å². The lowest BCUT2D eigenvalue weighted by atomic mass is 9.96. The van der Waals surface area contributed by atoms with Crippen LogP contribution < -0.4 is 20.7 Å². The number of benzene rings is 1. The molecular formula is C18H27N3O3. The number of ether oxygens (including phenoxy) is 1. The Labute approximate surface area is 143 Å². The number of hydrogen-bond donors (Lipinski definition) is 3. The van der Waals surface area contributed by atoms with E-state index in [-0.39, 0.29) is 11.9 Å². The summed E-state index contributed by atoms with van der Waals surface area (Å²) in [5, 5.41) is 8.63. The molecule has 3 amide bonds. The molecular weight excluding hydrogens is 306 g/mol. The van der Waals surface area contributed by atoms with Crippen LogP contribution in [0.25, 0.3) is 0 Å². The van der Waals surface area contributed by atoms with Gasteiger partial charge in [0.15, 0.2) is 0 Å². The standard InChI is InChI=1S/C18H27N3O3/c1-24-16-11-6-5-10-15(16)21-17(22)12-7-13-19-18(23)20-14-8-3-2-4-9-14/h5-6,10-11,14H,2-4,7-9,12-13H2,1H3,(H,21,22)(H2,19,20,23). The SMILES string of the molecule is COc1ccccc1NC(=O)CCCNC(=O)NC1CCCCC1. The summed E-state index contributed by atoms with van der Waals surface area (Å²) in [6.07, 6.45) is 6.72. The van der Waals surface area contributed by atoms with Crippen molar-refractivity contribution in [3.05, 3.63) is 24.3 Å². The molecule has 2 rings (SSSR count). The monoisotopic (exact) mass is 333 g/mol. The molecule has 132 valence electrons. The lowest BCUT2D eigenvalue weighted by molar-refractivity contribution is -0.116. The van der Waals surface area contributed by atoms with E-state index < -0.39 is 0 Å². The summed E-state index contributed by atoms with van der Waals surface area (Å²) in [6, 6.07) is 7.46. The third kappa shape index (κ3) is 6.10. The second-order valence-electron chi connectivity index (χ2n) is 6.09. The van der Waals surface area contributed by atoms with E-state index >= 15 is 0 Å². The number of carbonyl (C=O) groups excluding carboxylic acids is 2. The van der Waals surface area contributed by atoms with Crippen molar-refractivity contribution in [2.24, 2.45) is 0 Å². The van der Waals surface area contributed by atoms with Crippen LogP contribution in [0.4, 0.5) is 10.5 Å². The first-order valence-electron chi connectivity index (χ1n) is 8.66. The van der Waals surface area contributed by atoms with Gasteiger partial charge >= 0.3 is 6.03 Å². The molecule has 1 saturated carbocycles. The summed E-state index contributed by atoms with van der Waals surface area (Å²) < 4.78 is 5.20. The van der Waals surface area contributed by atoms with Gasteiger partial charge in [0.25, 0.3) is 0 Å². The van der Waals surface area contributed by atoms with E-state index in [1.165, 1.54) is 19.3 Å². The molecule has 0 heterocycles. The molecule has 0 aromatic heterocycles. The third-order valence-electron chi connectivity index (χ3n) is 4.19. The Hall–Kier alpha value is -2.24. The molecule has 1 aliphatic rings. The van der Waals surface area contributed by atoms with Gasteiger partial charge in [0.1, 0.15) is 5.75 Å². The van der Waals surface area contributed by atoms with Crippen LogP contribution in [0.5, 0.6) is 5.75 Å². The Kier molecular flexibility index (Phi) is 7.39. The molecule has 0 aliphatic heterocycles. The fraction of sp³-hybridized carbons (Fsp3) is 0.556. The topological polar surface area (TPSA) is 79.5 Å². The number of hydrogen-bond acceptors (Lipinski definition) is 3. The molecule has 0 unspecified atom stereocenters. The van der Waals surface area contributed by atoms with Crippen molar-refractivity contribution >= 4 is 17.6 Å². The molecule has 0 radical (unpaired) electrons. The van der Waals surface area contributed by atoms with Gasteiger partial charge in [0, 0.05) is 19.0 Å². The van der Waals surface area contributed by atoms with Crippen molar-refractivity contribution in [3.8, 4) is 5.75 Å². The highest BCUT2D eigenvalue weighted by Gasteiger charge is 2.15. The Morgan fingerprint density at radius 1 is 1.17 bits per heavy atom. The van der Waals surface area contributed by atoms with E-state index in [0.29, 0.717) is 36.9 Å². The summed E-state index contributed by atoms with van der Waals surface area (Å²) in [5.41, 5.74) is 0.660. The Morgan fingerprint density at radius 3 is 2.67 bits per heavy atom. The minimum absolute atomic E-state index is 0.0889. The zero-order chi connectivity index (χ0) is 17.2. The van der Waals surface area contributed by atoms with Crippen LogP contribution in [0.15, 0.2) is 24.3 Å². The zero-order valence-electron chi connectivity index (χ0n) is 14.3. The van der Waals surface area contributed by atoms with E-state index in [1.54, 1.807) is 19.2 Å². The number of amides is 3. The van der Waals surface area contributed by atoms with Gasteiger partial charge in [-0.15, -0.1) is 0 Å². The minimum atomic E-state index is -0.132. The number of carbonyl (C=O) groups is 2. The molecule has 6 heteroatoms. The van der Waals surface area contributed by atoms with Crippen molar-refractivity contribution < 1.29 is 14.3 Å². The lowest BCUT2D eigenvalue weighted by Gasteiger charge is -2.22. The molecule has 24 heavy (non-hydrogen) atoms. The Balaban J connectivity index is 1.61. The summed E-state index contributed by atoms with van der Waals surface area (Å²) in [7, 11) is 1.57. The molecule has 1 aliphatic carbocycles. The molecule has 0 saturated heterocycles. The fourth-order valence-electron chi connectivity index (χ4n) is 2.89. The van der Waals surface area contributed by atoms with Gasteiger partial charge in [-0.2, -0.15) is 0 Å². The highest BCUT2D eigenvalue weighted by molar-refractivity contribution is 5.92. The maximum atomic E-state index is 11.9. The second-order valence-corrected chi connectivity index (χ2v) is 6.09. The number of urea groups is 1. The molecule has 0 spiro atoms. The Bertz CT molecular complexity index is 542. The highest BCUT2D eigenvalue weighted by Crippen LogP contribution is 2.23. The first kappa shape index (κ1) is 18.1. The van der Waals surface area contributed by atoms with Crippen LogP contribution in [-0.2, 0) is 4.79 Å². The van der Waals surface area contributed by atoms with Crippen molar-refractivity contribution in [2.75, 3.05) is 19.0 Å². The average Bonchev–Trinajstić information content (AvgIpc) is 2.60. The molecule has 0 bridgehead atoms. The number of para-hydroxylation sites is 2. The molecule has 1 fully saturated rings. The van der Waals surface area contributed by atoms with Gasteiger partial charge in [-0.25, -0.2) is 4.79 Å². The summed E-state index contributed by atoms with van der Waals surface area (Å²) in [6.45, 7) is 0.484. The van der Waals surface area contributed by atoms with E-state index in [1.807, 2.05) is 12.1 Å². The largest absolute Gasteiger partial charge is 0.495 e. The van der Waals surface area contributed by atoms with Crippen molar-refractivity contribution in [2.45, 2.75) is 51.0 Å². The third-order valence-corrected chi connectivity index (χ3v) is 4.19. The predicted molar refractivity (Wildman–Crippen MR) is 94.3 cm³/mol. The van der Waals surface area contributed by atoms with Gasteiger partial charge in [-0.1, -0.05) is 31.4 Å². The molecule has 1 aromatic rings. The summed E-state index contributed by atoms with van der Waals surface area (Å²) in [4.78, 5) is 23.7. The van der Waals surface area contributed by atoms with Crippen LogP contribution in [-0.4, -0.2) is 31.6 Å². The van der Waals surface area contributed by atoms with Gasteiger partial charge in [0.2, 0.25) is 5.91 Å². The number of anilines is 1. The molecule has 3 N–H and O–H groups in total. The van der Waals surface area contributed by atoms with Gasteiger partial charge < -0.3 is 20.7 Å². The zero-order valence-corrected chi connectivity index (χ0v) is 14.3. The molecule has 6 nitrogen and oxygen atoms in total. The van der Waals surface area contributed by atoms with Crippen molar-refractivity contribution in [1.29, 1.82) is 0 Å². The summed E-state index contributed by atoms with van der Waals surface area (Å²) in [5.74, 6) is 0.546. The fourth-order valence-corrected chi connectivity index (χ4v) is 2.89. The summed E-state index contributed by atoms with van der Waals surface area (Å²) >= 11 is 0. The lowest BCUT2D eigenvalue weighted by Crippen LogP contribution is -2.43. The van der Waals surface area contributed by atoms with E-state index in [0.717, 1.165) is 12.8 Å². The quantitative estimate of drug-likeness (QED) is 0.671. The van der Waals surface area contributed by atoms with Crippen LogP contribution >= 0.6 is 0 Å². The predicted octanol–water partition coefficient (Wildman–Crippen LogP) is 3.05. The normalized spacial score (nSPS) is 14.7. The minimum Gasteiger partial charge on any atom is -0.495 e. The number of methoxy groups -OCH3 is 1. The smallest absolute Gasteiger partial charge is 0.315 e. The maximum Gasteiger partial charge on any atom is 0.315 e. The van der Waals surface area contributed by atoms with Gasteiger partial charge in [0.05, 0.1) is 12.8 Å². The van der Waals surface area contributed by atoms with Crippen molar-refractivity contribution in [3.63, 3.8) is 0 Å². The number of nitrogens with one attached hydrogen (secondary N) is 3. The van der Waals surface area contributed by atoms with E-state index in [2.05, 4.69) is 16.0 Å². The molecule has 0 atom stereocenters. The maximum absolute atomic E-state index is 11.9. The van der Waals surface area contributed by atoms with E-state index in [4.69, 9.17) is 4.74 Å². The Morgan fingerprint density at radius 2 is 1.92 bits per heavy atom. The second kappa shape index (κ2) is 9.80. The van der Waals surface area contributed by atoms with Crippen molar-refractivity contribution in [1.82, 2.24) is 10.6 Å². The highest BCUT2D eigenvalue weighted by atomic mass is 16.5. The van der Waals surface area contributed by atoms with Crippen LogP contribution in [0.1, 0.15) is 44.9 Å². The van der Waals surface area contributed by atoms with Gasteiger partial charge in [-0.3, -0.25) is 4.79 Å². The number of rotatable bonds is 7.